The molecule has 0 bridgehead atoms. The van der Waals surface area contributed by atoms with Gasteiger partial charge in [0.25, 0.3) is 0 Å². The van der Waals surface area contributed by atoms with Crippen LogP contribution in [0.5, 0.6) is 0 Å². The zero-order valence-electron chi connectivity index (χ0n) is 13.3. The molecule has 0 aliphatic rings. The molecule has 0 unspecified atom stereocenters. The van der Waals surface area contributed by atoms with Gasteiger partial charge in [-0.2, -0.15) is 5.26 Å². The number of nitrogens with zero attached hydrogens (tertiary/aromatic N) is 3. The van der Waals surface area contributed by atoms with Gasteiger partial charge in [-0.3, -0.25) is 9.78 Å². The number of hydrogen-bond donors (Lipinski definition) is 0. The Balaban J connectivity index is 2.96. The number of pyridine rings is 1. The highest BCUT2D eigenvalue weighted by Crippen LogP contribution is 2.32. The first-order valence-electron chi connectivity index (χ1n) is 7.73. The van der Waals surface area contributed by atoms with Crippen LogP contribution in [-0.2, 0) is 11.3 Å². The van der Waals surface area contributed by atoms with Crippen molar-refractivity contribution in [1.82, 2.24) is 9.88 Å². The average Bonchev–Trinajstić information content (AvgIpc) is 2.52. The quantitative estimate of drug-likeness (QED) is 0.734. The van der Waals surface area contributed by atoms with E-state index < -0.39 is 5.41 Å². The van der Waals surface area contributed by atoms with Gasteiger partial charge in [0.15, 0.2) is 0 Å². The number of nitriles is 1. The topological polar surface area (TPSA) is 57.0 Å². The lowest BCUT2D eigenvalue weighted by molar-refractivity contribution is -0.140. The van der Waals surface area contributed by atoms with Crippen LogP contribution < -0.4 is 0 Å². The highest BCUT2D eigenvalue weighted by molar-refractivity contribution is 5.85. The fourth-order valence-electron chi connectivity index (χ4n) is 2.69. The van der Waals surface area contributed by atoms with Gasteiger partial charge in [-0.1, -0.05) is 26.7 Å². The summed E-state index contributed by atoms with van der Waals surface area (Å²) in [5, 5.41) is 9.61. The van der Waals surface area contributed by atoms with Crippen molar-refractivity contribution >= 4 is 5.91 Å². The van der Waals surface area contributed by atoms with E-state index in [-0.39, 0.29) is 5.91 Å². The summed E-state index contributed by atoms with van der Waals surface area (Å²) in [6.45, 7) is 7.15. The van der Waals surface area contributed by atoms with E-state index in [4.69, 9.17) is 0 Å². The Bertz CT molecular complexity index is 473. The molecule has 1 heterocycles. The van der Waals surface area contributed by atoms with Gasteiger partial charge in [0.2, 0.25) is 5.91 Å². The van der Waals surface area contributed by atoms with Crippen LogP contribution in [0.4, 0.5) is 0 Å². The van der Waals surface area contributed by atoms with Crippen LogP contribution in [0.3, 0.4) is 0 Å². The van der Waals surface area contributed by atoms with E-state index in [0.29, 0.717) is 25.9 Å². The van der Waals surface area contributed by atoms with E-state index in [9.17, 15) is 10.1 Å². The lowest BCUT2D eigenvalue weighted by Crippen LogP contribution is -2.43. The molecule has 1 aromatic heterocycles. The summed E-state index contributed by atoms with van der Waals surface area (Å²) in [5.41, 5.74) is 0.173. The number of aromatic nitrogens is 1. The first kappa shape index (κ1) is 17.2. The predicted molar refractivity (Wildman–Crippen MR) is 83.2 cm³/mol. The van der Waals surface area contributed by atoms with E-state index in [1.807, 2.05) is 32.9 Å². The number of carbonyl (C=O) groups excluding carboxylic acids is 1. The summed E-state index contributed by atoms with van der Waals surface area (Å²) in [7, 11) is 0. The van der Waals surface area contributed by atoms with Gasteiger partial charge in [-0.15, -0.1) is 0 Å². The molecule has 0 atom stereocenters. The fourth-order valence-corrected chi connectivity index (χ4v) is 2.69. The highest BCUT2D eigenvalue weighted by atomic mass is 16.2. The molecule has 1 aromatic rings. The van der Waals surface area contributed by atoms with E-state index in [1.165, 1.54) is 0 Å². The SMILES string of the molecule is CCCC(C#N)(CCC)C(=O)N(CC)Cc1ccncc1. The molecule has 21 heavy (non-hydrogen) atoms. The molecule has 114 valence electrons. The highest BCUT2D eigenvalue weighted by Gasteiger charge is 2.39. The third-order valence-corrected chi connectivity index (χ3v) is 3.77. The molecule has 0 radical (unpaired) electrons. The minimum Gasteiger partial charge on any atom is -0.337 e. The van der Waals surface area contributed by atoms with Crippen molar-refractivity contribution in [3.05, 3.63) is 30.1 Å². The van der Waals surface area contributed by atoms with Gasteiger partial charge < -0.3 is 4.90 Å². The molecule has 1 amide bonds. The van der Waals surface area contributed by atoms with E-state index in [0.717, 1.165) is 18.4 Å². The molecule has 0 fully saturated rings. The predicted octanol–water partition coefficient (Wildman–Crippen LogP) is 3.54. The van der Waals surface area contributed by atoms with Crippen LogP contribution in [0.25, 0.3) is 0 Å². The molecule has 0 N–H and O–H groups in total. The summed E-state index contributed by atoms with van der Waals surface area (Å²) in [6.07, 6.45) is 6.39. The van der Waals surface area contributed by atoms with Crippen molar-refractivity contribution in [2.75, 3.05) is 6.54 Å². The number of hydrogen-bond acceptors (Lipinski definition) is 3. The third kappa shape index (κ3) is 4.29. The van der Waals surface area contributed by atoms with Crippen molar-refractivity contribution < 1.29 is 4.79 Å². The molecule has 4 nitrogen and oxygen atoms in total. The van der Waals surface area contributed by atoms with Crippen LogP contribution in [-0.4, -0.2) is 22.3 Å². The van der Waals surface area contributed by atoms with Gasteiger partial charge in [-0.05, 0) is 37.5 Å². The molecular formula is C17H25N3O. The average molecular weight is 287 g/mol. The monoisotopic (exact) mass is 287 g/mol. The Morgan fingerprint density at radius 3 is 2.24 bits per heavy atom. The van der Waals surface area contributed by atoms with Gasteiger partial charge in [-0.25, -0.2) is 0 Å². The molecule has 0 saturated heterocycles. The first-order chi connectivity index (χ1) is 10.1. The number of amides is 1. The minimum atomic E-state index is -0.869. The van der Waals surface area contributed by atoms with Crippen LogP contribution in [0, 0.1) is 16.7 Å². The summed E-state index contributed by atoms with van der Waals surface area (Å²) >= 11 is 0. The lowest BCUT2D eigenvalue weighted by atomic mass is 9.79. The lowest BCUT2D eigenvalue weighted by Gasteiger charge is -2.31. The Hall–Kier alpha value is -1.89. The van der Waals surface area contributed by atoms with Crippen molar-refractivity contribution in [1.29, 1.82) is 5.26 Å². The first-order valence-corrected chi connectivity index (χ1v) is 7.73. The molecule has 0 aromatic carbocycles. The smallest absolute Gasteiger partial charge is 0.243 e. The van der Waals surface area contributed by atoms with E-state index >= 15 is 0 Å². The molecule has 0 aliphatic heterocycles. The molecule has 0 spiro atoms. The zero-order chi connectivity index (χ0) is 15.7. The van der Waals surface area contributed by atoms with Gasteiger partial charge in [0, 0.05) is 25.5 Å². The van der Waals surface area contributed by atoms with Crippen molar-refractivity contribution in [3.63, 3.8) is 0 Å². The Morgan fingerprint density at radius 2 is 1.81 bits per heavy atom. The Morgan fingerprint density at radius 1 is 1.24 bits per heavy atom. The summed E-state index contributed by atoms with van der Waals surface area (Å²) in [4.78, 5) is 18.7. The zero-order valence-corrected chi connectivity index (χ0v) is 13.3. The maximum atomic E-state index is 12.9. The number of rotatable bonds is 8. The van der Waals surface area contributed by atoms with Crippen LogP contribution in [0.2, 0.25) is 0 Å². The van der Waals surface area contributed by atoms with Crippen LogP contribution in [0.1, 0.15) is 52.0 Å². The van der Waals surface area contributed by atoms with Gasteiger partial charge >= 0.3 is 0 Å². The van der Waals surface area contributed by atoms with Crippen molar-refractivity contribution in [2.45, 2.75) is 53.0 Å². The van der Waals surface area contributed by atoms with Gasteiger partial charge in [0.1, 0.15) is 5.41 Å². The number of carbonyl (C=O) groups is 1. The third-order valence-electron chi connectivity index (χ3n) is 3.77. The van der Waals surface area contributed by atoms with Gasteiger partial charge in [0.05, 0.1) is 6.07 Å². The maximum Gasteiger partial charge on any atom is 0.243 e. The molecule has 4 heteroatoms. The summed E-state index contributed by atoms with van der Waals surface area (Å²) < 4.78 is 0. The van der Waals surface area contributed by atoms with E-state index in [1.54, 1.807) is 17.3 Å². The molecule has 0 saturated carbocycles. The molecule has 1 rings (SSSR count). The minimum absolute atomic E-state index is 0.0342. The molecular weight excluding hydrogens is 262 g/mol. The van der Waals surface area contributed by atoms with Crippen LogP contribution >= 0.6 is 0 Å². The second-order valence-corrected chi connectivity index (χ2v) is 5.37. The fraction of sp³-hybridized carbons (Fsp3) is 0.588. The van der Waals surface area contributed by atoms with E-state index in [2.05, 4.69) is 11.1 Å². The Labute approximate surface area is 127 Å². The largest absolute Gasteiger partial charge is 0.337 e. The normalized spacial score (nSPS) is 11.0. The van der Waals surface area contributed by atoms with Crippen molar-refractivity contribution in [2.24, 2.45) is 5.41 Å². The summed E-state index contributed by atoms with van der Waals surface area (Å²) in [6, 6.07) is 6.13. The van der Waals surface area contributed by atoms with Crippen molar-refractivity contribution in [3.8, 4) is 6.07 Å². The molecule has 0 aliphatic carbocycles. The second kappa shape index (κ2) is 8.41. The van der Waals surface area contributed by atoms with Crippen LogP contribution in [0.15, 0.2) is 24.5 Å². The standard InChI is InChI=1S/C17H25N3O/c1-4-9-17(14-18,10-5-2)16(21)20(6-3)13-15-7-11-19-12-8-15/h7-8,11-12H,4-6,9-10,13H2,1-3H3. The second-order valence-electron chi connectivity index (χ2n) is 5.37. The Kier molecular flexibility index (Phi) is 6.87. The maximum absolute atomic E-state index is 12.9. The summed E-state index contributed by atoms with van der Waals surface area (Å²) in [5.74, 6) is -0.0342.